The van der Waals surface area contributed by atoms with Crippen LogP contribution in [0.1, 0.15) is 54.1 Å². The zero-order chi connectivity index (χ0) is 13.0. The molecule has 0 spiro atoms. The number of rotatable bonds is 4. The molecule has 0 aromatic heterocycles. The molecule has 0 unspecified atom stereocenters. The third kappa shape index (κ3) is 2.71. The molecule has 1 aromatic carbocycles. The number of nitrogens with zero attached hydrogens (tertiary/aromatic N) is 1. The minimum absolute atomic E-state index is 0.193. The Labute approximate surface area is 108 Å². The number of carbonyl (C=O) groups is 1. The van der Waals surface area contributed by atoms with Crippen molar-refractivity contribution >= 4 is 5.91 Å². The average molecular weight is 249 g/mol. The molecular weight excluding hydrogens is 229 g/mol. The Morgan fingerprint density at radius 3 is 2.89 bits per heavy atom. The summed E-state index contributed by atoms with van der Waals surface area (Å²) in [7, 11) is 0. The Morgan fingerprint density at radius 2 is 2.11 bits per heavy atom. The molecule has 98 valence electrons. The summed E-state index contributed by atoms with van der Waals surface area (Å²) in [6.07, 6.45) is 5.77. The Kier molecular flexibility index (Phi) is 4.34. The van der Waals surface area contributed by atoms with E-state index in [2.05, 4.69) is 6.07 Å². The van der Waals surface area contributed by atoms with Crippen LogP contribution < -0.4 is 0 Å². The highest BCUT2D eigenvalue weighted by molar-refractivity contribution is 5.95. The van der Waals surface area contributed by atoms with E-state index in [0.29, 0.717) is 17.1 Å². The quantitative estimate of drug-likeness (QED) is 0.745. The SMILES string of the molecule is CCCCN(F)C(=O)c1cccc2c1CCCC2. The molecule has 3 heteroatoms. The molecule has 0 saturated carbocycles. The largest absolute Gasteiger partial charge is 0.281 e. The van der Waals surface area contributed by atoms with Crippen LogP contribution in [0, 0.1) is 0 Å². The first kappa shape index (κ1) is 13.1. The van der Waals surface area contributed by atoms with Crippen molar-refractivity contribution < 1.29 is 9.28 Å². The molecule has 0 saturated heterocycles. The summed E-state index contributed by atoms with van der Waals surface area (Å²) in [4.78, 5) is 12.1. The van der Waals surface area contributed by atoms with Crippen molar-refractivity contribution in [3.63, 3.8) is 0 Å². The molecule has 2 rings (SSSR count). The van der Waals surface area contributed by atoms with Gasteiger partial charge in [0.1, 0.15) is 0 Å². The van der Waals surface area contributed by atoms with Gasteiger partial charge in [-0.05, 0) is 49.3 Å². The van der Waals surface area contributed by atoms with Crippen molar-refractivity contribution in [2.75, 3.05) is 6.54 Å². The molecule has 0 N–H and O–H groups in total. The fourth-order valence-corrected chi connectivity index (χ4v) is 2.51. The van der Waals surface area contributed by atoms with Gasteiger partial charge in [0.15, 0.2) is 0 Å². The van der Waals surface area contributed by atoms with Crippen molar-refractivity contribution in [3.05, 3.63) is 34.9 Å². The summed E-state index contributed by atoms with van der Waals surface area (Å²) in [5, 5.41) is 0.369. The zero-order valence-corrected chi connectivity index (χ0v) is 10.9. The van der Waals surface area contributed by atoms with Crippen molar-refractivity contribution in [2.24, 2.45) is 0 Å². The molecule has 0 radical (unpaired) electrons. The lowest BCUT2D eigenvalue weighted by atomic mass is 9.88. The van der Waals surface area contributed by atoms with E-state index in [-0.39, 0.29) is 6.54 Å². The van der Waals surface area contributed by atoms with Crippen LogP contribution in [0.3, 0.4) is 0 Å². The van der Waals surface area contributed by atoms with Gasteiger partial charge in [-0.25, -0.2) is 0 Å². The van der Waals surface area contributed by atoms with E-state index in [0.717, 1.165) is 31.2 Å². The zero-order valence-electron chi connectivity index (χ0n) is 10.9. The van der Waals surface area contributed by atoms with E-state index >= 15 is 0 Å². The molecule has 0 atom stereocenters. The second-order valence-electron chi connectivity index (χ2n) is 4.89. The van der Waals surface area contributed by atoms with Gasteiger partial charge in [-0.1, -0.05) is 30.0 Å². The van der Waals surface area contributed by atoms with Crippen molar-refractivity contribution in [3.8, 4) is 0 Å². The van der Waals surface area contributed by atoms with Crippen LogP contribution in [0.15, 0.2) is 18.2 Å². The predicted octanol–water partition coefficient (Wildman–Crippen LogP) is 3.69. The van der Waals surface area contributed by atoms with E-state index in [4.69, 9.17) is 0 Å². The van der Waals surface area contributed by atoms with Gasteiger partial charge in [0.05, 0.1) is 6.54 Å². The summed E-state index contributed by atoms with van der Waals surface area (Å²) >= 11 is 0. The van der Waals surface area contributed by atoms with Crippen LogP contribution in [0.4, 0.5) is 4.48 Å². The van der Waals surface area contributed by atoms with Crippen LogP contribution in [0.2, 0.25) is 0 Å². The van der Waals surface area contributed by atoms with Gasteiger partial charge in [0.25, 0.3) is 5.91 Å². The maximum atomic E-state index is 13.7. The van der Waals surface area contributed by atoms with Gasteiger partial charge >= 0.3 is 0 Å². The lowest BCUT2D eigenvalue weighted by Crippen LogP contribution is -2.25. The summed E-state index contributed by atoms with van der Waals surface area (Å²) < 4.78 is 13.7. The minimum Gasteiger partial charge on any atom is -0.266 e. The normalized spacial score (nSPS) is 14.1. The van der Waals surface area contributed by atoms with E-state index in [1.165, 1.54) is 12.0 Å². The van der Waals surface area contributed by atoms with Crippen molar-refractivity contribution in [2.45, 2.75) is 45.4 Å². The third-order valence-electron chi connectivity index (χ3n) is 3.55. The molecule has 1 amide bonds. The van der Waals surface area contributed by atoms with Crippen LogP contribution >= 0.6 is 0 Å². The highest BCUT2D eigenvalue weighted by atomic mass is 19.2. The first-order valence-electron chi connectivity index (χ1n) is 6.82. The third-order valence-corrected chi connectivity index (χ3v) is 3.55. The molecule has 0 heterocycles. The molecule has 1 aliphatic carbocycles. The van der Waals surface area contributed by atoms with E-state index < -0.39 is 5.91 Å². The molecular formula is C15H20FNO. The minimum atomic E-state index is -0.470. The number of aryl methyl sites for hydroxylation is 1. The molecule has 0 fully saturated rings. The van der Waals surface area contributed by atoms with Gasteiger partial charge in [-0.3, -0.25) is 4.79 Å². The number of fused-ring (bicyclic) bond motifs is 1. The highest BCUT2D eigenvalue weighted by Gasteiger charge is 2.21. The summed E-state index contributed by atoms with van der Waals surface area (Å²) in [5.41, 5.74) is 2.84. The summed E-state index contributed by atoms with van der Waals surface area (Å²) in [5.74, 6) is -0.470. The second-order valence-corrected chi connectivity index (χ2v) is 4.89. The smallest absolute Gasteiger partial charge is 0.266 e. The standard InChI is InChI=1S/C15H20FNO/c1-2-3-11-17(16)15(18)14-10-6-8-12-7-4-5-9-13(12)14/h6,8,10H,2-5,7,9,11H2,1H3. The first-order valence-corrected chi connectivity index (χ1v) is 6.82. The first-order chi connectivity index (χ1) is 8.74. The van der Waals surface area contributed by atoms with Crippen LogP contribution in [0.5, 0.6) is 0 Å². The topological polar surface area (TPSA) is 20.3 Å². The Bertz CT molecular complexity index is 431. The number of unbranched alkanes of at least 4 members (excludes halogenated alkanes) is 1. The maximum absolute atomic E-state index is 13.7. The second kappa shape index (κ2) is 5.98. The molecule has 0 bridgehead atoms. The molecule has 1 aliphatic rings. The van der Waals surface area contributed by atoms with E-state index in [1.54, 1.807) is 6.07 Å². The van der Waals surface area contributed by atoms with Gasteiger partial charge in [0.2, 0.25) is 0 Å². The van der Waals surface area contributed by atoms with Gasteiger partial charge in [-0.2, -0.15) is 5.12 Å². The monoisotopic (exact) mass is 249 g/mol. The summed E-state index contributed by atoms with van der Waals surface area (Å²) in [6.45, 7) is 2.18. The lowest BCUT2D eigenvalue weighted by molar-refractivity contribution is 0.0188. The molecule has 18 heavy (non-hydrogen) atoms. The fraction of sp³-hybridized carbons (Fsp3) is 0.533. The number of halogens is 1. The predicted molar refractivity (Wildman–Crippen MR) is 70.1 cm³/mol. The van der Waals surface area contributed by atoms with Crippen LogP contribution in [0.25, 0.3) is 0 Å². The van der Waals surface area contributed by atoms with Gasteiger partial charge in [0, 0.05) is 5.56 Å². The van der Waals surface area contributed by atoms with Crippen LogP contribution in [-0.2, 0) is 12.8 Å². The van der Waals surface area contributed by atoms with Crippen molar-refractivity contribution in [1.29, 1.82) is 0 Å². The fourth-order valence-electron chi connectivity index (χ4n) is 2.51. The average Bonchev–Trinajstić information content (AvgIpc) is 2.43. The van der Waals surface area contributed by atoms with Gasteiger partial charge in [-0.15, -0.1) is 0 Å². The molecule has 1 aromatic rings. The van der Waals surface area contributed by atoms with Crippen LogP contribution in [-0.4, -0.2) is 17.6 Å². The van der Waals surface area contributed by atoms with Crippen molar-refractivity contribution in [1.82, 2.24) is 5.12 Å². The number of carbonyl (C=O) groups excluding carboxylic acids is 1. The highest BCUT2D eigenvalue weighted by Crippen LogP contribution is 2.25. The number of hydrogen-bond acceptors (Lipinski definition) is 1. The van der Waals surface area contributed by atoms with E-state index in [1.807, 2.05) is 13.0 Å². The Morgan fingerprint density at radius 1 is 1.33 bits per heavy atom. The number of benzene rings is 1. The molecule has 2 nitrogen and oxygen atoms in total. The molecule has 0 aliphatic heterocycles. The summed E-state index contributed by atoms with van der Waals surface area (Å²) in [6, 6.07) is 5.68. The lowest BCUT2D eigenvalue weighted by Gasteiger charge is -2.20. The Balaban J connectivity index is 2.19. The number of amides is 1. The van der Waals surface area contributed by atoms with E-state index in [9.17, 15) is 9.28 Å². The Hall–Kier alpha value is -1.38. The maximum Gasteiger partial charge on any atom is 0.281 e. The number of hydrogen-bond donors (Lipinski definition) is 0. The van der Waals surface area contributed by atoms with Gasteiger partial charge < -0.3 is 0 Å².